The normalized spacial score (nSPS) is 16.7. The average Bonchev–Trinajstić information content (AvgIpc) is 2.68. The SMILES string of the molecule is CC(C)(C)CC(C)(C)c1ccc(OCCN2CCC(c3ccccc3)CC2)cc1. The molecule has 2 heteroatoms. The summed E-state index contributed by atoms with van der Waals surface area (Å²) in [4.78, 5) is 2.54. The second kappa shape index (κ2) is 9.34. The van der Waals surface area contributed by atoms with Gasteiger partial charge in [0.25, 0.3) is 0 Å². The Kier molecular flexibility index (Phi) is 7.05. The van der Waals surface area contributed by atoms with Crippen LogP contribution in [0.15, 0.2) is 54.6 Å². The number of hydrogen-bond acceptors (Lipinski definition) is 2. The fourth-order valence-corrected chi connectivity index (χ4v) is 4.94. The molecule has 0 N–H and O–H groups in total. The van der Waals surface area contributed by atoms with E-state index in [4.69, 9.17) is 4.74 Å². The fourth-order valence-electron chi connectivity index (χ4n) is 4.94. The Hall–Kier alpha value is -1.80. The molecule has 1 aliphatic rings. The molecule has 0 radical (unpaired) electrons. The Labute approximate surface area is 178 Å². The van der Waals surface area contributed by atoms with Crippen LogP contribution in [-0.4, -0.2) is 31.1 Å². The van der Waals surface area contributed by atoms with Gasteiger partial charge in [-0.25, -0.2) is 0 Å². The third-order valence-electron chi connectivity index (χ3n) is 6.14. The molecule has 0 bridgehead atoms. The molecule has 0 aromatic heterocycles. The van der Waals surface area contributed by atoms with Crippen molar-refractivity contribution in [3.05, 3.63) is 65.7 Å². The van der Waals surface area contributed by atoms with E-state index in [1.165, 1.54) is 43.5 Å². The first-order valence-electron chi connectivity index (χ1n) is 11.2. The monoisotopic (exact) mass is 393 g/mol. The molecule has 158 valence electrons. The van der Waals surface area contributed by atoms with Gasteiger partial charge in [-0.1, -0.05) is 77.1 Å². The van der Waals surface area contributed by atoms with E-state index in [1.807, 2.05) is 0 Å². The van der Waals surface area contributed by atoms with Crippen molar-refractivity contribution in [3.8, 4) is 5.75 Å². The quantitative estimate of drug-likeness (QED) is 0.521. The molecule has 1 fully saturated rings. The van der Waals surface area contributed by atoms with Crippen LogP contribution in [0.25, 0.3) is 0 Å². The Morgan fingerprint density at radius 3 is 2.07 bits per heavy atom. The smallest absolute Gasteiger partial charge is 0.119 e. The molecule has 2 nitrogen and oxygen atoms in total. The highest BCUT2D eigenvalue weighted by Gasteiger charge is 2.27. The predicted octanol–water partition coefficient (Wildman–Crippen LogP) is 6.66. The average molecular weight is 394 g/mol. The van der Waals surface area contributed by atoms with Gasteiger partial charge in [-0.2, -0.15) is 0 Å². The molecule has 2 aromatic carbocycles. The molecule has 0 atom stereocenters. The van der Waals surface area contributed by atoms with Gasteiger partial charge in [0, 0.05) is 6.54 Å². The summed E-state index contributed by atoms with van der Waals surface area (Å²) in [5.41, 5.74) is 3.40. The van der Waals surface area contributed by atoms with Gasteiger partial charge in [-0.15, -0.1) is 0 Å². The van der Waals surface area contributed by atoms with E-state index < -0.39 is 0 Å². The molecule has 1 aliphatic heterocycles. The summed E-state index contributed by atoms with van der Waals surface area (Å²) in [6.45, 7) is 15.7. The molecular formula is C27H39NO. The van der Waals surface area contributed by atoms with Crippen LogP contribution in [-0.2, 0) is 5.41 Å². The molecule has 0 unspecified atom stereocenters. The number of benzene rings is 2. The summed E-state index contributed by atoms with van der Waals surface area (Å²) in [6.07, 6.45) is 3.67. The van der Waals surface area contributed by atoms with E-state index in [2.05, 4.69) is 94.1 Å². The van der Waals surface area contributed by atoms with Crippen molar-refractivity contribution in [1.82, 2.24) is 4.90 Å². The molecule has 1 heterocycles. The van der Waals surface area contributed by atoms with Crippen LogP contribution in [0.3, 0.4) is 0 Å². The summed E-state index contributed by atoms with van der Waals surface area (Å²) < 4.78 is 6.05. The first kappa shape index (κ1) is 21.9. The van der Waals surface area contributed by atoms with Crippen molar-refractivity contribution in [1.29, 1.82) is 0 Å². The van der Waals surface area contributed by atoms with Crippen molar-refractivity contribution in [2.24, 2.45) is 5.41 Å². The highest BCUT2D eigenvalue weighted by atomic mass is 16.5. The molecular weight excluding hydrogens is 354 g/mol. The summed E-state index contributed by atoms with van der Waals surface area (Å²) in [5.74, 6) is 1.71. The summed E-state index contributed by atoms with van der Waals surface area (Å²) in [5, 5.41) is 0. The maximum absolute atomic E-state index is 6.05. The van der Waals surface area contributed by atoms with Gasteiger partial charge >= 0.3 is 0 Å². The fraction of sp³-hybridized carbons (Fsp3) is 0.556. The number of ether oxygens (including phenoxy) is 1. The van der Waals surface area contributed by atoms with Crippen molar-refractivity contribution >= 4 is 0 Å². The third-order valence-corrected chi connectivity index (χ3v) is 6.14. The largest absolute Gasteiger partial charge is 0.492 e. The van der Waals surface area contributed by atoms with Crippen LogP contribution >= 0.6 is 0 Å². The minimum absolute atomic E-state index is 0.180. The van der Waals surface area contributed by atoms with Crippen LogP contribution in [0.1, 0.15) is 70.9 Å². The predicted molar refractivity (Wildman–Crippen MR) is 124 cm³/mol. The Bertz CT molecular complexity index is 734. The Balaban J connectivity index is 1.42. The van der Waals surface area contributed by atoms with Crippen molar-refractivity contribution in [2.45, 2.75) is 65.2 Å². The zero-order valence-electron chi connectivity index (χ0n) is 19.1. The van der Waals surface area contributed by atoms with Crippen molar-refractivity contribution in [3.63, 3.8) is 0 Å². The van der Waals surface area contributed by atoms with E-state index in [9.17, 15) is 0 Å². The lowest BCUT2D eigenvalue weighted by Gasteiger charge is -2.33. The topological polar surface area (TPSA) is 12.5 Å². The molecule has 0 spiro atoms. The van der Waals surface area contributed by atoms with E-state index in [0.717, 1.165) is 24.8 Å². The van der Waals surface area contributed by atoms with Crippen LogP contribution in [0.2, 0.25) is 0 Å². The summed E-state index contributed by atoms with van der Waals surface area (Å²) in [6, 6.07) is 19.7. The lowest BCUT2D eigenvalue weighted by Crippen LogP contribution is -2.35. The molecule has 0 saturated carbocycles. The zero-order chi connectivity index (χ0) is 20.9. The van der Waals surface area contributed by atoms with Crippen LogP contribution in [0.5, 0.6) is 5.75 Å². The van der Waals surface area contributed by atoms with Crippen molar-refractivity contribution < 1.29 is 4.74 Å². The Morgan fingerprint density at radius 1 is 0.862 bits per heavy atom. The number of likely N-dealkylation sites (tertiary alicyclic amines) is 1. The lowest BCUT2D eigenvalue weighted by molar-refractivity contribution is 0.173. The Morgan fingerprint density at radius 2 is 1.48 bits per heavy atom. The van der Waals surface area contributed by atoms with Gasteiger partial charge in [-0.3, -0.25) is 4.90 Å². The zero-order valence-corrected chi connectivity index (χ0v) is 19.1. The number of rotatable bonds is 7. The number of nitrogens with zero attached hydrogens (tertiary/aromatic N) is 1. The molecule has 0 amide bonds. The van der Waals surface area contributed by atoms with Gasteiger partial charge in [0.2, 0.25) is 0 Å². The highest BCUT2D eigenvalue weighted by Crippen LogP contribution is 2.36. The number of hydrogen-bond donors (Lipinski definition) is 0. The van der Waals surface area contributed by atoms with E-state index in [-0.39, 0.29) is 5.41 Å². The molecule has 0 aliphatic carbocycles. The molecule has 1 saturated heterocycles. The first-order valence-corrected chi connectivity index (χ1v) is 11.2. The maximum Gasteiger partial charge on any atom is 0.119 e. The molecule has 29 heavy (non-hydrogen) atoms. The minimum Gasteiger partial charge on any atom is -0.492 e. The second-order valence-corrected chi connectivity index (χ2v) is 10.5. The van der Waals surface area contributed by atoms with Crippen LogP contribution in [0.4, 0.5) is 0 Å². The van der Waals surface area contributed by atoms with E-state index in [1.54, 1.807) is 0 Å². The van der Waals surface area contributed by atoms with Crippen LogP contribution in [0, 0.1) is 5.41 Å². The van der Waals surface area contributed by atoms with Gasteiger partial charge in [0.15, 0.2) is 0 Å². The van der Waals surface area contributed by atoms with Gasteiger partial charge in [0.1, 0.15) is 12.4 Å². The molecule has 2 aromatic rings. The van der Waals surface area contributed by atoms with Gasteiger partial charge in [0.05, 0.1) is 0 Å². The maximum atomic E-state index is 6.05. The second-order valence-electron chi connectivity index (χ2n) is 10.5. The van der Waals surface area contributed by atoms with Gasteiger partial charge in [-0.05, 0) is 72.4 Å². The van der Waals surface area contributed by atoms with Crippen molar-refractivity contribution in [2.75, 3.05) is 26.2 Å². The summed E-state index contributed by atoms with van der Waals surface area (Å²) in [7, 11) is 0. The van der Waals surface area contributed by atoms with Crippen LogP contribution < -0.4 is 4.74 Å². The minimum atomic E-state index is 0.180. The highest BCUT2D eigenvalue weighted by molar-refractivity contribution is 5.31. The third kappa shape index (κ3) is 6.60. The standard InChI is InChI=1S/C27H39NO/c1-26(2,3)21-27(4,5)24-11-13-25(14-12-24)29-20-19-28-17-15-23(16-18-28)22-9-7-6-8-10-22/h6-14,23H,15-21H2,1-5H3. The summed E-state index contributed by atoms with van der Waals surface area (Å²) >= 11 is 0. The van der Waals surface area contributed by atoms with E-state index in [0.29, 0.717) is 5.41 Å². The molecule has 3 rings (SSSR count). The first-order chi connectivity index (χ1) is 13.7. The lowest BCUT2D eigenvalue weighted by atomic mass is 9.72. The van der Waals surface area contributed by atoms with Gasteiger partial charge < -0.3 is 4.74 Å². The number of piperidine rings is 1. The van der Waals surface area contributed by atoms with E-state index >= 15 is 0 Å².